The molecule has 3 nitrogen and oxygen atoms in total. The van der Waals surface area contributed by atoms with Crippen LogP contribution in [0.15, 0.2) is 30.5 Å². The lowest BCUT2D eigenvalue weighted by Crippen LogP contribution is -1.97. The fourth-order valence-electron chi connectivity index (χ4n) is 1.52. The van der Waals surface area contributed by atoms with E-state index in [2.05, 4.69) is 9.72 Å². The van der Waals surface area contributed by atoms with Gasteiger partial charge in [-0.15, -0.1) is 0 Å². The average Bonchev–Trinajstić information content (AvgIpc) is 2.30. The van der Waals surface area contributed by atoms with Crippen molar-refractivity contribution in [3.63, 3.8) is 0 Å². The van der Waals surface area contributed by atoms with Gasteiger partial charge in [0, 0.05) is 23.0 Å². The molecule has 0 amide bonds. The molecule has 0 aliphatic rings. The Morgan fingerprint density at radius 1 is 1.44 bits per heavy atom. The predicted octanol–water partition coefficient (Wildman–Crippen LogP) is 2.60. The largest absolute Gasteiger partial charge is 0.468 e. The molecule has 0 atom stereocenters. The molecule has 1 aromatic heterocycles. The molecule has 0 aliphatic carbocycles. The predicted molar refractivity (Wildman–Crippen MR) is 62.5 cm³/mol. The molecule has 0 spiro atoms. The van der Waals surface area contributed by atoms with Crippen molar-refractivity contribution in [3.8, 4) is 0 Å². The highest BCUT2D eigenvalue weighted by molar-refractivity contribution is 6.35. The average molecular weight is 236 g/mol. The molecular weight excluding hydrogens is 226 g/mol. The number of carbonyl (C=O) groups is 1. The van der Waals surface area contributed by atoms with E-state index in [4.69, 9.17) is 11.6 Å². The standard InChI is InChI=1S/C12H10ClNO2/c13-11-2-1-3-12-10(11)6-9(7-14-12)4-5-16-8-15/h1-3,6-8H,4-5H2. The number of aromatic nitrogens is 1. The van der Waals surface area contributed by atoms with E-state index < -0.39 is 0 Å². The molecule has 82 valence electrons. The first kappa shape index (κ1) is 10.9. The van der Waals surface area contributed by atoms with Crippen molar-refractivity contribution in [2.45, 2.75) is 6.42 Å². The van der Waals surface area contributed by atoms with Crippen LogP contribution in [0.5, 0.6) is 0 Å². The van der Waals surface area contributed by atoms with E-state index in [1.54, 1.807) is 6.20 Å². The molecule has 0 unspecified atom stereocenters. The van der Waals surface area contributed by atoms with Crippen LogP contribution in [-0.2, 0) is 16.0 Å². The van der Waals surface area contributed by atoms with Gasteiger partial charge in [-0.1, -0.05) is 17.7 Å². The van der Waals surface area contributed by atoms with Crippen molar-refractivity contribution in [2.24, 2.45) is 0 Å². The number of carbonyl (C=O) groups excluding carboxylic acids is 1. The van der Waals surface area contributed by atoms with Crippen LogP contribution in [0.1, 0.15) is 5.56 Å². The molecule has 0 fully saturated rings. The Labute approximate surface area is 98.0 Å². The maximum absolute atomic E-state index is 10.0. The van der Waals surface area contributed by atoms with E-state index in [1.807, 2.05) is 24.3 Å². The smallest absolute Gasteiger partial charge is 0.293 e. The van der Waals surface area contributed by atoms with Crippen LogP contribution in [0.4, 0.5) is 0 Å². The third-order valence-corrected chi connectivity index (χ3v) is 2.64. The third-order valence-electron chi connectivity index (χ3n) is 2.31. The van der Waals surface area contributed by atoms with Gasteiger partial charge in [-0.2, -0.15) is 0 Å². The third kappa shape index (κ3) is 2.31. The van der Waals surface area contributed by atoms with E-state index >= 15 is 0 Å². The Hall–Kier alpha value is -1.61. The number of hydrogen-bond acceptors (Lipinski definition) is 3. The minimum absolute atomic E-state index is 0.362. The van der Waals surface area contributed by atoms with Crippen molar-refractivity contribution in [3.05, 3.63) is 41.0 Å². The lowest BCUT2D eigenvalue weighted by molar-refractivity contribution is -0.128. The monoisotopic (exact) mass is 235 g/mol. The highest BCUT2D eigenvalue weighted by Gasteiger charge is 2.01. The first-order valence-corrected chi connectivity index (χ1v) is 5.27. The zero-order valence-corrected chi connectivity index (χ0v) is 9.28. The van der Waals surface area contributed by atoms with Crippen molar-refractivity contribution < 1.29 is 9.53 Å². The fraction of sp³-hybridized carbons (Fsp3) is 0.167. The molecule has 1 heterocycles. The van der Waals surface area contributed by atoms with Crippen LogP contribution >= 0.6 is 11.6 Å². The molecule has 16 heavy (non-hydrogen) atoms. The van der Waals surface area contributed by atoms with Gasteiger partial charge in [-0.25, -0.2) is 0 Å². The number of hydrogen-bond donors (Lipinski definition) is 0. The molecule has 0 saturated heterocycles. The van der Waals surface area contributed by atoms with Crippen molar-refractivity contribution in [1.82, 2.24) is 4.98 Å². The van der Waals surface area contributed by atoms with E-state index in [0.717, 1.165) is 16.5 Å². The maximum atomic E-state index is 10.0. The number of fused-ring (bicyclic) bond motifs is 1. The van der Waals surface area contributed by atoms with Gasteiger partial charge in [0.05, 0.1) is 12.1 Å². The number of benzene rings is 1. The summed E-state index contributed by atoms with van der Waals surface area (Å²) in [4.78, 5) is 14.3. The lowest BCUT2D eigenvalue weighted by Gasteiger charge is -2.03. The Bertz CT molecular complexity index is 513. The quantitative estimate of drug-likeness (QED) is 0.604. The molecule has 0 bridgehead atoms. The highest BCUT2D eigenvalue weighted by Crippen LogP contribution is 2.22. The topological polar surface area (TPSA) is 39.2 Å². The summed E-state index contributed by atoms with van der Waals surface area (Å²) >= 11 is 6.06. The van der Waals surface area contributed by atoms with E-state index in [-0.39, 0.29) is 0 Å². The Kier molecular flexibility index (Phi) is 3.37. The van der Waals surface area contributed by atoms with Gasteiger partial charge in [-0.05, 0) is 23.8 Å². The Balaban J connectivity index is 2.28. The summed E-state index contributed by atoms with van der Waals surface area (Å²) in [6, 6.07) is 7.58. The Morgan fingerprint density at radius 2 is 2.31 bits per heavy atom. The minimum atomic E-state index is 0.362. The Morgan fingerprint density at radius 3 is 3.12 bits per heavy atom. The van der Waals surface area contributed by atoms with Crippen LogP contribution in [-0.4, -0.2) is 18.1 Å². The van der Waals surface area contributed by atoms with Crippen molar-refractivity contribution in [2.75, 3.05) is 6.61 Å². The van der Waals surface area contributed by atoms with Crippen molar-refractivity contribution in [1.29, 1.82) is 0 Å². The fourth-order valence-corrected chi connectivity index (χ4v) is 1.74. The van der Waals surface area contributed by atoms with Gasteiger partial charge in [-0.3, -0.25) is 9.78 Å². The minimum Gasteiger partial charge on any atom is -0.468 e. The second kappa shape index (κ2) is 4.94. The van der Waals surface area contributed by atoms with E-state index in [9.17, 15) is 4.79 Å². The maximum Gasteiger partial charge on any atom is 0.293 e. The zero-order valence-electron chi connectivity index (χ0n) is 8.52. The molecule has 4 heteroatoms. The molecule has 2 rings (SSSR count). The number of pyridine rings is 1. The number of ether oxygens (including phenoxy) is 1. The van der Waals surface area contributed by atoms with Gasteiger partial charge >= 0.3 is 0 Å². The van der Waals surface area contributed by atoms with Crippen LogP contribution in [0, 0.1) is 0 Å². The normalized spacial score (nSPS) is 10.3. The van der Waals surface area contributed by atoms with Crippen LogP contribution in [0.25, 0.3) is 10.9 Å². The van der Waals surface area contributed by atoms with Crippen LogP contribution in [0.3, 0.4) is 0 Å². The summed E-state index contributed by atoms with van der Waals surface area (Å²) in [5.41, 5.74) is 1.87. The first-order chi connectivity index (χ1) is 7.81. The molecule has 1 aromatic carbocycles. The molecular formula is C12H10ClNO2. The summed E-state index contributed by atoms with van der Waals surface area (Å²) in [5, 5.41) is 1.61. The number of nitrogens with zero attached hydrogens (tertiary/aromatic N) is 1. The summed E-state index contributed by atoms with van der Waals surface area (Å²) in [7, 11) is 0. The summed E-state index contributed by atoms with van der Waals surface area (Å²) in [6.45, 7) is 0.808. The number of halogens is 1. The molecule has 0 radical (unpaired) electrons. The van der Waals surface area contributed by atoms with Gasteiger partial charge < -0.3 is 4.74 Å². The summed E-state index contributed by atoms with van der Waals surface area (Å²) in [6.07, 6.45) is 2.42. The van der Waals surface area contributed by atoms with Crippen LogP contribution in [0.2, 0.25) is 5.02 Å². The van der Waals surface area contributed by atoms with Gasteiger partial charge in [0.2, 0.25) is 0 Å². The SMILES string of the molecule is O=COCCc1cnc2cccc(Cl)c2c1. The first-order valence-electron chi connectivity index (χ1n) is 4.89. The van der Waals surface area contributed by atoms with Crippen molar-refractivity contribution >= 4 is 29.0 Å². The zero-order chi connectivity index (χ0) is 11.4. The van der Waals surface area contributed by atoms with Gasteiger partial charge in [0.1, 0.15) is 0 Å². The molecule has 0 aliphatic heterocycles. The molecule has 2 aromatic rings. The number of rotatable bonds is 4. The summed E-state index contributed by atoms with van der Waals surface area (Å²) in [5.74, 6) is 0. The highest BCUT2D eigenvalue weighted by atomic mass is 35.5. The molecule has 0 N–H and O–H groups in total. The van der Waals surface area contributed by atoms with Gasteiger partial charge in [0.15, 0.2) is 0 Å². The second-order valence-electron chi connectivity index (χ2n) is 3.37. The van der Waals surface area contributed by atoms with E-state index in [1.165, 1.54) is 0 Å². The van der Waals surface area contributed by atoms with E-state index in [0.29, 0.717) is 24.5 Å². The van der Waals surface area contributed by atoms with Crippen LogP contribution < -0.4 is 0 Å². The summed E-state index contributed by atoms with van der Waals surface area (Å²) < 4.78 is 4.64. The lowest BCUT2D eigenvalue weighted by atomic mass is 10.1. The van der Waals surface area contributed by atoms with Gasteiger partial charge in [0.25, 0.3) is 6.47 Å². The second-order valence-corrected chi connectivity index (χ2v) is 3.77. The molecule has 0 saturated carbocycles.